The number of nitrogens with one attached hydrogen (secondary N) is 1. The van der Waals surface area contributed by atoms with Gasteiger partial charge in [0.2, 0.25) is 0 Å². The topological polar surface area (TPSA) is 38.0 Å². The summed E-state index contributed by atoms with van der Waals surface area (Å²) in [6.07, 6.45) is 3.78. The van der Waals surface area contributed by atoms with Crippen LogP contribution in [0.5, 0.6) is 0 Å². The van der Waals surface area contributed by atoms with Crippen molar-refractivity contribution < 1.29 is 0 Å². The van der Waals surface area contributed by atoms with E-state index in [0.29, 0.717) is 6.04 Å². The summed E-state index contributed by atoms with van der Waals surface area (Å²) in [5, 5.41) is 6.11. The van der Waals surface area contributed by atoms with Gasteiger partial charge in [0.15, 0.2) is 0 Å². The Balaban J connectivity index is 2.01. The van der Waals surface area contributed by atoms with Crippen molar-refractivity contribution in [2.24, 2.45) is 11.1 Å². The molecule has 0 amide bonds. The largest absolute Gasteiger partial charge is 0.330 e. The summed E-state index contributed by atoms with van der Waals surface area (Å²) in [5.41, 5.74) is 7.68. The van der Waals surface area contributed by atoms with Gasteiger partial charge in [-0.2, -0.15) is 0 Å². The minimum absolute atomic E-state index is 0.261. The van der Waals surface area contributed by atoms with Crippen molar-refractivity contribution in [1.29, 1.82) is 0 Å². The highest BCUT2D eigenvalue weighted by Gasteiger charge is 2.42. The lowest BCUT2D eigenvalue weighted by Gasteiger charge is -2.47. The molecule has 0 heterocycles. The van der Waals surface area contributed by atoms with Gasteiger partial charge in [0.1, 0.15) is 0 Å². The van der Waals surface area contributed by atoms with Crippen LogP contribution in [0, 0.1) is 5.41 Å². The molecule has 2 aromatic rings. The normalized spacial score (nSPS) is 19.1. The Morgan fingerprint density at radius 2 is 1.89 bits per heavy atom. The van der Waals surface area contributed by atoms with Gasteiger partial charge in [-0.1, -0.05) is 42.8 Å². The van der Waals surface area contributed by atoms with Crippen molar-refractivity contribution in [2.45, 2.75) is 25.3 Å². The van der Waals surface area contributed by atoms with Gasteiger partial charge in [0, 0.05) is 11.5 Å². The van der Waals surface area contributed by atoms with Crippen LogP contribution in [-0.4, -0.2) is 13.6 Å². The summed E-state index contributed by atoms with van der Waals surface area (Å²) < 4.78 is 0. The van der Waals surface area contributed by atoms with Gasteiger partial charge in [-0.15, -0.1) is 0 Å². The highest BCUT2D eigenvalue weighted by Crippen LogP contribution is 2.49. The fourth-order valence-corrected chi connectivity index (χ4v) is 3.46. The summed E-state index contributed by atoms with van der Waals surface area (Å²) in [6.45, 7) is 0.769. The molecule has 0 aromatic heterocycles. The van der Waals surface area contributed by atoms with E-state index in [2.05, 4.69) is 54.8 Å². The molecule has 3 rings (SSSR count). The van der Waals surface area contributed by atoms with E-state index in [1.165, 1.54) is 35.6 Å². The molecule has 0 spiro atoms. The van der Waals surface area contributed by atoms with Gasteiger partial charge < -0.3 is 11.1 Å². The number of hydrogen-bond acceptors (Lipinski definition) is 2. The van der Waals surface area contributed by atoms with Crippen LogP contribution in [0.15, 0.2) is 42.5 Å². The Kier molecular flexibility index (Phi) is 3.29. The van der Waals surface area contributed by atoms with Crippen molar-refractivity contribution in [3.05, 3.63) is 48.0 Å². The van der Waals surface area contributed by atoms with Gasteiger partial charge in [-0.25, -0.2) is 0 Å². The second kappa shape index (κ2) is 4.95. The Hall–Kier alpha value is -1.38. The molecule has 2 heteroatoms. The molecule has 2 aromatic carbocycles. The van der Waals surface area contributed by atoms with Crippen molar-refractivity contribution in [1.82, 2.24) is 5.32 Å². The summed E-state index contributed by atoms with van der Waals surface area (Å²) >= 11 is 0. The molecular weight excluding hydrogens is 232 g/mol. The average molecular weight is 254 g/mol. The van der Waals surface area contributed by atoms with E-state index >= 15 is 0 Å². The maximum absolute atomic E-state index is 6.06. The molecular formula is C17H22N2. The van der Waals surface area contributed by atoms with Gasteiger partial charge in [0.25, 0.3) is 0 Å². The SMILES string of the molecule is CNC(c1ccc2ccccc2c1)C1(CN)CCC1. The maximum Gasteiger partial charge on any atom is 0.0387 e. The molecule has 1 aliphatic carbocycles. The first-order valence-electron chi connectivity index (χ1n) is 7.15. The second-order valence-electron chi connectivity index (χ2n) is 5.75. The number of nitrogens with two attached hydrogens (primary N) is 1. The number of hydrogen-bond donors (Lipinski definition) is 2. The Labute approximate surface area is 115 Å². The molecule has 3 N–H and O–H groups in total. The van der Waals surface area contributed by atoms with E-state index in [-0.39, 0.29) is 5.41 Å². The first kappa shape index (κ1) is 12.6. The molecule has 1 atom stereocenters. The minimum Gasteiger partial charge on any atom is -0.330 e. The first-order chi connectivity index (χ1) is 9.29. The molecule has 19 heavy (non-hydrogen) atoms. The summed E-state index contributed by atoms with van der Waals surface area (Å²) in [5.74, 6) is 0. The smallest absolute Gasteiger partial charge is 0.0387 e. The van der Waals surface area contributed by atoms with Crippen LogP contribution in [0.25, 0.3) is 10.8 Å². The molecule has 0 bridgehead atoms. The van der Waals surface area contributed by atoms with Crippen LogP contribution in [0.4, 0.5) is 0 Å². The third-order valence-corrected chi connectivity index (χ3v) is 4.76. The highest BCUT2D eigenvalue weighted by molar-refractivity contribution is 5.83. The lowest BCUT2D eigenvalue weighted by molar-refractivity contribution is 0.0880. The monoisotopic (exact) mass is 254 g/mol. The van der Waals surface area contributed by atoms with Crippen LogP contribution in [0.3, 0.4) is 0 Å². The summed E-state index contributed by atoms with van der Waals surface area (Å²) in [4.78, 5) is 0. The van der Waals surface area contributed by atoms with E-state index in [1.54, 1.807) is 0 Å². The number of benzene rings is 2. The molecule has 1 fully saturated rings. The van der Waals surface area contributed by atoms with Gasteiger partial charge >= 0.3 is 0 Å². The summed E-state index contributed by atoms with van der Waals surface area (Å²) in [7, 11) is 2.05. The minimum atomic E-state index is 0.261. The summed E-state index contributed by atoms with van der Waals surface area (Å²) in [6, 6.07) is 15.7. The van der Waals surface area contributed by atoms with E-state index in [0.717, 1.165) is 6.54 Å². The zero-order valence-electron chi connectivity index (χ0n) is 11.5. The lowest BCUT2D eigenvalue weighted by atomic mass is 9.62. The average Bonchev–Trinajstić information content (AvgIpc) is 2.42. The van der Waals surface area contributed by atoms with E-state index < -0.39 is 0 Å². The maximum atomic E-state index is 6.06. The fourth-order valence-electron chi connectivity index (χ4n) is 3.46. The zero-order chi connectivity index (χ0) is 13.3. The Morgan fingerprint density at radius 1 is 1.16 bits per heavy atom. The quantitative estimate of drug-likeness (QED) is 0.879. The van der Waals surface area contributed by atoms with Gasteiger partial charge in [-0.05, 0) is 48.8 Å². The zero-order valence-corrected chi connectivity index (χ0v) is 11.5. The van der Waals surface area contributed by atoms with Crippen LogP contribution in [0.2, 0.25) is 0 Å². The molecule has 0 radical (unpaired) electrons. The van der Waals surface area contributed by atoms with Crippen LogP contribution in [-0.2, 0) is 0 Å². The number of rotatable bonds is 4. The molecule has 2 nitrogen and oxygen atoms in total. The van der Waals surface area contributed by atoms with Gasteiger partial charge in [-0.3, -0.25) is 0 Å². The molecule has 1 saturated carbocycles. The first-order valence-corrected chi connectivity index (χ1v) is 7.15. The van der Waals surface area contributed by atoms with Crippen molar-refractivity contribution in [3.63, 3.8) is 0 Å². The lowest BCUT2D eigenvalue weighted by Crippen LogP contribution is -2.47. The predicted molar refractivity (Wildman–Crippen MR) is 81.1 cm³/mol. The molecule has 0 saturated heterocycles. The van der Waals surface area contributed by atoms with Crippen molar-refractivity contribution in [3.8, 4) is 0 Å². The van der Waals surface area contributed by atoms with Gasteiger partial charge in [0.05, 0.1) is 0 Å². The van der Waals surface area contributed by atoms with Crippen LogP contribution < -0.4 is 11.1 Å². The Morgan fingerprint density at radius 3 is 2.47 bits per heavy atom. The third-order valence-electron chi connectivity index (χ3n) is 4.76. The molecule has 100 valence electrons. The van der Waals surface area contributed by atoms with E-state index in [1.807, 2.05) is 0 Å². The predicted octanol–water partition coefficient (Wildman–Crippen LogP) is 3.23. The molecule has 1 unspecified atom stereocenters. The fraction of sp³-hybridized carbons (Fsp3) is 0.412. The van der Waals surface area contributed by atoms with Crippen molar-refractivity contribution in [2.75, 3.05) is 13.6 Å². The molecule has 1 aliphatic rings. The standard InChI is InChI=1S/C17H22N2/c1-19-16(17(12-18)9-4-10-17)15-8-7-13-5-2-3-6-14(13)11-15/h2-3,5-8,11,16,19H,4,9-10,12,18H2,1H3. The highest BCUT2D eigenvalue weighted by atomic mass is 14.9. The van der Waals surface area contributed by atoms with Crippen LogP contribution in [0.1, 0.15) is 30.9 Å². The Bertz CT molecular complexity index is 567. The van der Waals surface area contributed by atoms with Crippen LogP contribution >= 0.6 is 0 Å². The van der Waals surface area contributed by atoms with E-state index in [4.69, 9.17) is 5.73 Å². The van der Waals surface area contributed by atoms with Crippen molar-refractivity contribution >= 4 is 10.8 Å². The second-order valence-corrected chi connectivity index (χ2v) is 5.75. The number of fused-ring (bicyclic) bond motifs is 1. The molecule has 0 aliphatic heterocycles. The third kappa shape index (κ3) is 2.05. The van der Waals surface area contributed by atoms with E-state index in [9.17, 15) is 0 Å².